The zero-order valence-electron chi connectivity index (χ0n) is 12.2. The molecule has 1 aromatic heterocycles. The highest BCUT2D eigenvalue weighted by Gasteiger charge is 2.20. The van der Waals surface area contributed by atoms with Crippen LogP contribution in [0.5, 0.6) is 0 Å². The van der Waals surface area contributed by atoms with Gasteiger partial charge in [-0.3, -0.25) is 0 Å². The lowest BCUT2D eigenvalue weighted by Crippen LogP contribution is -2.34. The predicted octanol–water partition coefficient (Wildman–Crippen LogP) is 2.81. The van der Waals surface area contributed by atoms with E-state index in [0.29, 0.717) is 17.3 Å². The molecule has 1 unspecified atom stereocenters. The number of hydrogen-bond donors (Lipinski definition) is 1. The normalized spacial score (nSPS) is 12.7. The van der Waals surface area contributed by atoms with Crippen molar-refractivity contribution < 1.29 is 9.90 Å². The topological polar surface area (TPSA) is 66.3 Å². The molecule has 0 amide bonds. The van der Waals surface area contributed by atoms with E-state index in [1.54, 1.807) is 6.07 Å². The van der Waals surface area contributed by atoms with Crippen LogP contribution in [0, 0.1) is 5.92 Å². The number of fused-ring (bicyclic) bond motifs is 1. The highest BCUT2D eigenvalue weighted by molar-refractivity contribution is 5.93. The molecular formula is C15H19N3O2. The average Bonchev–Trinajstić information content (AvgIpc) is 2.44. The molecule has 0 aliphatic heterocycles. The van der Waals surface area contributed by atoms with E-state index >= 15 is 0 Å². The number of para-hydroxylation sites is 1. The van der Waals surface area contributed by atoms with Crippen LogP contribution in [0.4, 0.5) is 5.82 Å². The van der Waals surface area contributed by atoms with Crippen LogP contribution >= 0.6 is 0 Å². The summed E-state index contributed by atoms with van der Waals surface area (Å²) in [6.07, 6.45) is 0. The number of rotatable bonds is 4. The molecule has 1 atom stereocenters. The molecule has 0 aliphatic rings. The first kappa shape index (κ1) is 14.2. The van der Waals surface area contributed by atoms with Crippen molar-refractivity contribution in [3.63, 3.8) is 0 Å². The zero-order valence-corrected chi connectivity index (χ0v) is 12.2. The molecule has 20 heavy (non-hydrogen) atoms. The van der Waals surface area contributed by atoms with Crippen LogP contribution in [-0.4, -0.2) is 34.1 Å². The van der Waals surface area contributed by atoms with Crippen molar-refractivity contribution in [1.82, 2.24) is 9.97 Å². The van der Waals surface area contributed by atoms with Gasteiger partial charge in [-0.2, -0.15) is 0 Å². The molecule has 1 N–H and O–H groups in total. The van der Waals surface area contributed by atoms with Gasteiger partial charge >= 0.3 is 5.97 Å². The van der Waals surface area contributed by atoms with Gasteiger partial charge in [0.1, 0.15) is 5.82 Å². The van der Waals surface area contributed by atoms with Crippen LogP contribution in [0.3, 0.4) is 0 Å². The van der Waals surface area contributed by atoms with E-state index < -0.39 is 5.97 Å². The van der Waals surface area contributed by atoms with Gasteiger partial charge in [0.05, 0.1) is 5.52 Å². The molecule has 0 saturated heterocycles. The third kappa shape index (κ3) is 2.57. The fourth-order valence-electron chi connectivity index (χ4n) is 2.06. The van der Waals surface area contributed by atoms with E-state index in [9.17, 15) is 4.79 Å². The Morgan fingerprint density at radius 1 is 1.20 bits per heavy atom. The highest BCUT2D eigenvalue weighted by Crippen LogP contribution is 2.26. The summed E-state index contributed by atoms with van der Waals surface area (Å²) in [6, 6.07) is 7.72. The van der Waals surface area contributed by atoms with Crippen molar-refractivity contribution in [2.75, 3.05) is 11.9 Å². The minimum Gasteiger partial charge on any atom is -0.475 e. The van der Waals surface area contributed by atoms with Crippen LogP contribution in [0.25, 0.3) is 10.9 Å². The average molecular weight is 273 g/mol. The summed E-state index contributed by atoms with van der Waals surface area (Å²) in [6.45, 7) is 6.35. The predicted molar refractivity (Wildman–Crippen MR) is 79.2 cm³/mol. The monoisotopic (exact) mass is 273 g/mol. The second-order valence-electron chi connectivity index (χ2n) is 5.29. The number of aromatic nitrogens is 2. The summed E-state index contributed by atoms with van der Waals surface area (Å²) < 4.78 is 0. The van der Waals surface area contributed by atoms with Gasteiger partial charge in [0.2, 0.25) is 5.82 Å². The van der Waals surface area contributed by atoms with Crippen LogP contribution in [0.15, 0.2) is 24.3 Å². The molecule has 0 fully saturated rings. The lowest BCUT2D eigenvalue weighted by Gasteiger charge is -2.29. The Labute approximate surface area is 118 Å². The van der Waals surface area contributed by atoms with Crippen LogP contribution in [-0.2, 0) is 0 Å². The number of carboxylic acids is 1. The van der Waals surface area contributed by atoms with Crippen molar-refractivity contribution in [1.29, 1.82) is 0 Å². The van der Waals surface area contributed by atoms with Gasteiger partial charge in [-0.1, -0.05) is 26.0 Å². The Morgan fingerprint density at radius 3 is 2.45 bits per heavy atom. The SMILES string of the molecule is CC(C)C(C)N(C)c1nc(C(=O)O)nc2ccccc12. The third-order valence-electron chi connectivity index (χ3n) is 3.68. The van der Waals surface area contributed by atoms with Gasteiger partial charge in [-0.05, 0) is 25.0 Å². The minimum absolute atomic E-state index is 0.165. The Hall–Kier alpha value is -2.17. The number of benzene rings is 1. The van der Waals surface area contributed by atoms with E-state index in [-0.39, 0.29) is 11.9 Å². The van der Waals surface area contributed by atoms with Gasteiger partial charge < -0.3 is 10.0 Å². The molecule has 5 nitrogen and oxygen atoms in total. The molecule has 2 rings (SSSR count). The molecule has 0 spiro atoms. The molecular weight excluding hydrogens is 254 g/mol. The standard InChI is InChI=1S/C15H19N3O2/c1-9(2)10(3)18(4)14-11-7-5-6-8-12(11)16-13(17-14)15(19)20/h5-10H,1-4H3,(H,19,20). The molecule has 0 saturated carbocycles. The maximum Gasteiger partial charge on any atom is 0.374 e. The zero-order chi connectivity index (χ0) is 14.9. The van der Waals surface area contributed by atoms with E-state index in [4.69, 9.17) is 5.11 Å². The van der Waals surface area contributed by atoms with Crippen molar-refractivity contribution >= 4 is 22.7 Å². The molecule has 1 heterocycles. The number of nitrogens with zero attached hydrogens (tertiary/aromatic N) is 3. The number of carboxylic acid groups (broad SMARTS) is 1. The smallest absolute Gasteiger partial charge is 0.374 e. The molecule has 5 heteroatoms. The van der Waals surface area contributed by atoms with E-state index in [2.05, 4.69) is 30.7 Å². The van der Waals surface area contributed by atoms with E-state index in [1.165, 1.54) is 0 Å². The van der Waals surface area contributed by atoms with Gasteiger partial charge in [0, 0.05) is 18.5 Å². The van der Waals surface area contributed by atoms with Crippen molar-refractivity contribution in [2.24, 2.45) is 5.92 Å². The van der Waals surface area contributed by atoms with Crippen LogP contribution in [0.1, 0.15) is 31.4 Å². The van der Waals surface area contributed by atoms with Crippen molar-refractivity contribution in [3.05, 3.63) is 30.1 Å². The Bertz CT molecular complexity index is 640. The van der Waals surface area contributed by atoms with Gasteiger partial charge in [0.15, 0.2) is 0 Å². The second-order valence-corrected chi connectivity index (χ2v) is 5.29. The first-order valence-electron chi connectivity index (χ1n) is 6.64. The number of carbonyl (C=O) groups is 1. The first-order chi connectivity index (χ1) is 9.41. The van der Waals surface area contributed by atoms with Crippen molar-refractivity contribution in [2.45, 2.75) is 26.8 Å². The Balaban J connectivity index is 2.63. The quantitative estimate of drug-likeness (QED) is 0.927. The molecule has 0 bridgehead atoms. The van der Waals surface area contributed by atoms with Gasteiger partial charge in [0.25, 0.3) is 0 Å². The Morgan fingerprint density at radius 2 is 1.85 bits per heavy atom. The molecule has 0 aliphatic carbocycles. The van der Waals surface area contributed by atoms with Crippen LogP contribution < -0.4 is 4.90 Å². The summed E-state index contributed by atoms with van der Waals surface area (Å²) in [5, 5.41) is 10.0. The fourth-order valence-corrected chi connectivity index (χ4v) is 2.06. The molecule has 106 valence electrons. The first-order valence-corrected chi connectivity index (χ1v) is 6.64. The molecule has 0 radical (unpaired) electrons. The van der Waals surface area contributed by atoms with E-state index in [0.717, 1.165) is 5.39 Å². The summed E-state index contributed by atoms with van der Waals surface area (Å²) >= 11 is 0. The number of hydrogen-bond acceptors (Lipinski definition) is 4. The maximum absolute atomic E-state index is 11.2. The summed E-state index contributed by atoms with van der Waals surface area (Å²) in [4.78, 5) is 21.5. The maximum atomic E-state index is 11.2. The highest BCUT2D eigenvalue weighted by atomic mass is 16.4. The number of aromatic carboxylic acids is 1. The molecule has 1 aromatic carbocycles. The fraction of sp³-hybridized carbons (Fsp3) is 0.400. The minimum atomic E-state index is -1.11. The lowest BCUT2D eigenvalue weighted by molar-refractivity contribution is 0.0684. The second kappa shape index (κ2) is 5.45. The summed E-state index contributed by atoms with van der Waals surface area (Å²) in [5.74, 6) is -0.180. The van der Waals surface area contributed by atoms with Crippen molar-refractivity contribution in [3.8, 4) is 0 Å². The Kier molecular flexibility index (Phi) is 3.88. The van der Waals surface area contributed by atoms with Crippen LogP contribution in [0.2, 0.25) is 0 Å². The lowest BCUT2D eigenvalue weighted by atomic mass is 10.0. The summed E-state index contributed by atoms with van der Waals surface area (Å²) in [7, 11) is 1.94. The molecule has 2 aromatic rings. The number of anilines is 1. The van der Waals surface area contributed by atoms with Gasteiger partial charge in [-0.15, -0.1) is 0 Å². The summed E-state index contributed by atoms with van der Waals surface area (Å²) in [5.41, 5.74) is 0.651. The largest absolute Gasteiger partial charge is 0.475 e. The van der Waals surface area contributed by atoms with E-state index in [1.807, 2.05) is 30.1 Å². The third-order valence-corrected chi connectivity index (χ3v) is 3.68. The van der Waals surface area contributed by atoms with Gasteiger partial charge in [-0.25, -0.2) is 14.8 Å².